The van der Waals surface area contributed by atoms with E-state index in [1.54, 1.807) is 0 Å². The summed E-state index contributed by atoms with van der Waals surface area (Å²) in [6.07, 6.45) is 4.20. The Morgan fingerprint density at radius 3 is 2.55 bits per heavy atom. The summed E-state index contributed by atoms with van der Waals surface area (Å²) in [5, 5.41) is 4.30. The molecule has 0 aliphatic carbocycles. The SMILES string of the molecule is CC1=CC(C)(C)N(C)c2ccc([C@H]3[C@@H](c4ccccn4)NC(=S)N3c3cccc(C)c3)cc21. The second-order valence-electron chi connectivity index (χ2n) is 9.65. The number of nitrogens with zero attached hydrogens (tertiary/aromatic N) is 3. The Morgan fingerprint density at radius 2 is 1.82 bits per heavy atom. The minimum Gasteiger partial charge on any atom is -0.366 e. The van der Waals surface area contributed by atoms with E-state index in [1.165, 1.54) is 28.0 Å². The van der Waals surface area contributed by atoms with Crippen LogP contribution in [0.1, 0.15) is 55.2 Å². The van der Waals surface area contributed by atoms with Crippen LogP contribution in [0.3, 0.4) is 0 Å². The van der Waals surface area contributed by atoms with E-state index < -0.39 is 0 Å². The molecule has 0 saturated carbocycles. The van der Waals surface area contributed by atoms with Crippen LogP contribution in [0, 0.1) is 6.92 Å². The first-order valence-electron chi connectivity index (χ1n) is 11.4. The fourth-order valence-corrected chi connectivity index (χ4v) is 5.46. The van der Waals surface area contributed by atoms with Crippen LogP contribution in [-0.2, 0) is 0 Å². The van der Waals surface area contributed by atoms with Crippen molar-refractivity contribution in [3.8, 4) is 0 Å². The predicted octanol–water partition coefficient (Wildman–Crippen LogP) is 6.20. The smallest absolute Gasteiger partial charge is 0.174 e. The quantitative estimate of drug-likeness (QED) is 0.476. The third kappa shape index (κ3) is 3.70. The first kappa shape index (κ1) is 21.7. The molecule has 4 nitrogen and oxygen atoms in total. The first-order valence-corrected chi connectivity index (χ1v) is 11.8. The summed E-state index contributed by atoms with van der Waals surface area (Å²) in [4.78, 5) is 9.28. The number of nitrogens with one attached hydrogen (secondary N) is 1. The van der Waals surface area contributed by atoms with Crippen LogP contribution >= 0.6 is 12.2 Å². The van der Waals surface area contributed by atoms with Gasteiger partial charge in [-0.25, -0.2) is 0 Å². The van der Waals surface area contributed by atoms with Gasteiger partial charge in [0.15, 0.2) is 5.11 Å². The number of hydrogen-bond acceptors (Lipinski definition) is 3. The van der Waals surface area contributed by atoms with Crippen LogP contribution in [0.5, 0.6) is 0 Å². The van der Waals surface area contributed by atoms with Gasteiger partial charge in [-0.05, 0) is 93.0 Å². The van der Waals surface area contributed by atoms with E-state index in [9.17, 15) is 0 Å². The molecule has 1 N–H and O–H groups in total. The zero-order chi connectivity index (χ0) is 23.3. The minimum absolute atomic E-state index is 0.00690. The molecular formula is C28H30N4S. The molecule has 0 radical (unpaired) electrons. The monoisotopic (exact) mass is 454 g/mol. The number of pyridine rings is 1. The Hall–Kier alpha value is -3.18. The van der Waals surface area contributed by atoms with Crippen molar-refractivity contribution in [1.82, 2.24) is 10.3 Å². The number of hydrogen-bond donors (Lipinski definition) is 1. The van der Waals surface area contributed by atoms with Gasteiger partial charge in [-0.15, -0.1) is 0 Å². The maximum atomic E-state index is 5.88. The van der Waals surface area contributed by atoms with Crippen molar-refractivity contribution in [3.63, 3.8) is 0 Å². The van der Waals surface area contributed by atoms with E-state index in [0.717, 1.165) is 16.5 Å². The Kier molecular flexibility index (Phi) is 5.25. The summed E-state index contributed by atoms with van der Waals surface area (Å²) >= 11 is 5.88. The molecule has 2 atom stereocenters. The molecular weight excluding hydrogens is 424 g/mol. The van der Waals surface area contributed by atoms with E-state index in [2.05, 4.69) is 109 Å². The number of anilines is 2. The molecule has 0 spiro atoms. The molecule has 5 heteroatoms. The fourth-order valence-electron chi connectivity index (χ4n) is 5.11. The third-order valence-corrected chi connectivity index (χ3v) is 7.27. The van der Waals surface area contributed by atoms with E-state index in [1.807, 2.05) is 18.3 Å². The number of fused-ring (bicyclic) bond motifs is 1. The standard InChI is InChI=1S/C28H30N4S/c1-18-9-8-10-21(15-18)32-26(25(30-27(32)33)23-11-6-7-14-29-23)20-12-13-24-22(16-20)19(2)17-28(3,4)31(24)5/h6-17,25-26H,1-5H3,(H,30,33)/t25-,26+/m1/s1. The fraction of sp³-hybridized carbons (Fsp3) is 0.286. The first-order chi connectivity index (χ1) is 15.8. The second-order valence-corrected chi connectivity index (χ2v) is 10.0. The zero-order valence-electron chi connectivity index (χ0n) is 19.8. The Morgan fingerprint density at radius 1 is 1.00 bits per heavy atom. The molecule has 33 heavy (non-hydrogen) atoms. The van der Waals surface area contributed by atoms with E-state index in [4.69, 9.17) is 12.2 Å². The Labute approximate surface area is 202 Å². The van der Waals surface area contributed by atoms with Crippen LogP contribution in [0.25, 0.3) is 5.57 Å². The van der Waals surface area contributed by atoms with Crippen molar-refractivity contribution in [2.24, 2.45) is 0 Å². The molecule has 1 saturated heterocycles. The van der Waals surface area contributed by atoms with Crippen LogP contribution in [-0.4, -0.2) is 22.7 Å². The molecule has 1 fully saturated rings. The van der Waals surface area contributed by atoms with Crippen molar-refractivity contribution >= 4 is 34.3 Å². The second kappa shape index (κ2) is 7.99. The minimum atomic E-state index is -0.0423. The van der Waals surface area contributed by atoms with Crippen LogP contribution in [0.4, 0.5) is 11.4 Å². The van der Waals surface area contributed by atoms with E-state index >= 15 is 0 Å². The third-order valence-electron chi connectivity index (χ3n) is 6.96. The number of rotatable bonds is 3. The molecule has 3 heterocycles. The van der Waals surface area contributed by atoms with Gasteiger partial charge in [-0.3, -0.25) is 4.98 Å². The van der Waals surface area contributed by atoms with Gasteiger partial charge in [0.05, 0.1) is 23.3 Å². The largest absolute Gasteiger partial charge is 0.366 e. The molecule has 0 bridgehead atoms. The van der Waals surface area contributed by atoms with Crippen molar-refractivity contribution in [2.75, 3.05) is 16.8 Å². The van der Waals surface area contributed by atoms with Gasteiger partial charge in [0.1, 0.15) is 0 Å². The normalized spacial score (nSPS) is 21.5. The topological polar surface area (TPSA) is 31.4 Å². The Bertz CT molecular complexity index is 1250. The number of allylic oxidation sites excluding steroid dienone is 1. The lowest BCUT2D eigenvalue weighted by molar-refractivity contribution is 0.566. The number of likely N-dealkylation sites (N-methyl/N-ethyl adjacent to an activating group) is 1. The Balaban J connectivity index is 1.66. The molecule has 2 aromatic carbocycles. The molecule has 2 aliphatic rings. The van der Waals surface area contributed by atoms with Crippen molar-refractivity contribution < 1.29 is 0 Å². The van der Waals surface area contributed by atoms with E-state index in [-0.39, 0.29) is 17.6 Å². The molecule has 0 unspecified atom stereocenters. The summed E-state index contributed by atoms with van der Waals surface area (Å²) in [7, 11) is 2.17. The van der Waals surface area contributed by atoms with Crippen molar-refractivity contribution in [3.05, 3.63) is 95.3 Å². The molecule has 3 aromatic rings. The van der Waals surface area contributed by atoms with Gasteiger partial charge >= 0.3 is 0 Å². The summed E-state index contributed by atoms with van der Waals surface area (Å²) in [5.41, 5.74) is 8.34. The number of aromatic nitrogens is 1. The van der Waals surface area contributed by atoms with Gasteiger partial charge in [0, 0.05) is 30.2 Å². The highest BCUT2D eigenvalue weighted by molar-refractivity contribution is 7.80. The maximum absolute atomic E-state index is 5.88. The van der Waals surface area contributed by atoms with E-state index in [0.29, 0.717) is 0 Å². The van der Waals surface area contributed by atoms with Crippen molar-refractivity contribution in [2.45, 2.75) is 45.3 Å². The summed E-state index contributed by atoms with van der Waals surface area (Å²) in [5.74, 6) is 0. The molecule has 5 rings (SSSR count). The highest BCUT2D eigenvalue weighted by atomic mass is 32.1. The summed E-state index contributed by atoms with van der Waals surface area (Å²) in [6.45, 7) is 8.84. The molecule has 0 amide bonds. The maximum Gasteiger partial charge on any atom is 0.174 e. The van der Waals surface area contributed by atoms with Gasteiger partial charge in [0.2, 0.25) is 0 Å². The van der Waals surface area contributed by atoms with Gasteiger partial charge in [0.25, 0.3) is 0 Å². The number of thiocarbonyl (C=S) groups is 1. The zero-order valence-corrected chi connectivity index (χ0v) is 20.6. The average Bonchev–Trinajstić information content (AvgIpc) is 3.15. The number of aryl methyl sites for hydroxylation is 1. The lowest BCUT2D eigenvalue weighted by atomic mass is 9.86. The summed E-state index contributed by atoms with van der Waals surface area (Å²) in [6, 6.07) is 21.4. The lowest BCUT2D eigenvalue weighted by Gasteiger charge is -2.41. The van der Waals surface area contributed by atoms with Gasteiger partial charge in [-0.1, -0.05) is 30.3 Å². The highest BCUT2D eigenvalue weighted by Gasteiger charge is 2.41. The highest BCUT2D eigenvalue weighted by Crippen LogP contribution is 2.45. The lowest BCUT2D eigenvalue weighted by Crippen LogP contribution is -2.42. The number of benzene rings is 2. The molecule has 168 valence electrons. The van der Waals surface area contributed by atoms with Crippen LogP contribution < -0.4 is 15.1 Å². The van der Waals surface area contributed by atoms with Gasteiger partial charge in [-0.2, -0.15) is 0 Å². The van der Waals surface area contributed by atoms with Crippen LogP contribution in [0.2, 0.25) is 0 Å². The molecule has 2 aliphatic heterocycles. The van der Waals surface area contributed by atoms with Crippen molar-refractivity contribution in [1.29, 1.82) is 0 Å². The van der Waals surface area contributed by atoms with Crippen LogP contribution in [0.15, 0.2) is 72.9 Å². The summed E-state index contributed by atoms with van der Waals surface area (Å²) < 4.78 is 0. The average molecular weight is 455 g/mol. The van der Waals surface area contributed by atoms with Gasteiger partial charge < -0.3 is 15.1 Å². The predicted molar refractivity (Wildman–Crippen MR) is 142 cm³/mol. The molecule has 1 aromatic heterocycles.